The minimum atomic E-state index is -1.73. The molecule has 5 aliphatic rings. The first-order valence-electron chi connectivity index (χ1n) is 16.2. The standard InChI is InChI=1S/C28H53N7O11/c29-6-14-20(38)23(41)18(34-7-9-1-10(30)2-9)25(44-14)16-12(32)3-13(35-27(42)28(43)4-11(31)5-28)24(21(16)39)46-26-22(40)17(33)19(37)15(8-36)45-26/h9-26,34,36-41,43H,1-8,29-33H2,(H,35,42). The highest BCUT2D eigenvalue weighted by atomic mass is 16.7. The molecule has 3 aliphatic carbocycles. The van der Waals surface area contributed by atoms with Gasteiger partial charge in [-0.2, -0.15) is 0 Å². The number of nitrogens with two attached hydrogens (primary N) is 5. The maximum Gasteiger partial charge on any atom is 0.252 e. The number of hydrogen-bond donors (Lipinski definition) is 14. The Bertz CT molecular complexity index is 1040. The minimum Gasteiger partial charge on any atom is -0.394 e. The fourth-order valence-electron chi connectivity index (χ4n) is 7.74. The molecule has 5 fully saturated rings. The number of amides is 1. The van der Waals surface area contributed by atoms with Gasteiger partial charge in [0, 0.05) is 43.4 Å². The molecule has 0 radical (unpaired) electrons. The van der Waals surface area contributed by atoms with E-state index in [2.05, 4.69) is 10.6 Å². The number of hydrogen-bond acceptors (Lipinski definition) is 17. The van der Waals surface area contributed by atoms with Crippen molar-refractivity contribution in [3.8, 4) is 0 Å². The molecule has 2 heterocycles. The van der Waals surface area contributed by atoms with Gasteiger partial charge in [-0.3, -0.25) is 4.79 Å². The third-order valence-electron chi connectivity index (χ3n) is 10.6. The monoisotopic (exact) mass is 663 g/mol. The number of carbonyl (C=O) groups excluding carboxylic acids is 1. The molecule has 2 aliphatic heterocycles. The molecule has 0 bridgehead atoms. The van der Waals surface area contributed by atoms with E-state index in [9.17, 15) is 40.5 Å². The summed E-state index contributed by atoms with van der Waals surface area (Å²) in [6, 6.07) is -4.36. The maximum absolute atomic E-state index is 13.2. The van der Waals surface area contributed by atoms with Crippen LogP contribution < -0.4 is 39.3 Å². The highest BCUT2D eigenvalue weighted by Gasteiger charge is 2.57. The number of aliphatic hydroxyl groups excluding tert-OH is 6. The van der Waals surface area contributed by atoms with Crippen molar-refractivity contribution in [2.24, 2.45) is 40.5 Å². The van der Waals surface area contributed by atoms with Crippen LogP contribution in [0.15, 0.2) is 0 Å². The predicted molar refractivity (Wildman–Crippen MR) is 159 cm³/mol. The first kappa shape index (κ1) is 36.1. The molecule has 18 heteroatoms. The quantitative estimate of drug-likeness (QED) is 0.103. The third-order valence-corrected chi connectivity index (χ3v) is 10.6. The first-order valence-corrected chi connectivity index (χ1v) is 16.2. The van der Waals surface area contributed by atoms with Crippen molar-refractivity contribution in [2.75, 3.05) is 19.7 Å². The molecule has 19 N–H and O–H groups in total. The van der Waals surface area contributed by atoms with Crippen molar-refractivity contribution in [1.82, 2.24) is 10.6 Å². The van der Waals surface area contributed by atoms with E-state index in [0.29, 0.717) is 6.54 Å². The molecule has 46 heavy (non-hydrogen) atoms. The van der Waals surface area contributed by atoms with Crippen molar-refractivity contribution < 1.29 is 54.8 Å². The molecule has 15 unspecified atom stereocenters. The summed E-state index contributed by atoms with van der Waals surface area (Å²) < 4.78 is 18.0. The summed E-state index contributed by atoms with van der Waals surface area (Å²) in [5.74, 6) is -1.49. The molecule has 15 atom stereocenters. The number of carbonyl (C=O) groups is 1. The van der Waals surface area contributed by atoms with Crippen LogP contribution in [0.3, 0.4) is 0 Å². The van der Waals surface area contributed by atoms with Gasteiger partial charge >= 0.3 is 0 Å². The van der Waals surface area contributed by atoms with Crippen LogP contribution >= 0.6 is 0 Å². The Morgan fingerprint density at radius 3 is 2.13 bits per heavy atom. The van der Waals surface area contributed by atoms with Gasteiger partial charge in [0.2, 0.25) is 0 Å². The molecule has 0 aromatic heterocycles. The Hall–Kier alpha value is -1.17. The van der Waals surface area contributed by atoms with Crippen molar-refractivity contribution in [3.63, 3.8) is 0 Å². The van der Waals surface area contributed by atoms with E-state index < -0.39 is 109 Å². The summed E-state index contributed by atoms with van der Waals surface area (Å²) in [4.78, 5) is 13.2. The van der Waals surface area contributed by atoms with Gasteiger partial charge in [0.1, 0.15) is 42.2 Å². The molecule has 0 aromatic carbocycles. The fraction of sp³-hybridized carbons (Fsp3) is 0.964. The first-order chi connectivity index (χ1) is 21.7. The summed E-state index contributed by atoms with van der Waals surface area (Å²) in [6.07, 6.45) is -11.8. The molecular weight excluding hydrogens is 610 g/mol. The van der Waals surface area contributed by atoms with E-state index >= 15 is 0 Å². The second kappa shape index (κ2) is 14.4. The van der Waals surface area contributed by atoms with Crippen LogP contribution in [0.25, 0.3) is 0 Å². The van der Waals surface area contributed by atoms with Gasteiger partial charge in [0.05, 0.1) is 43.0 Å². The highest BCUT2D eigenvalue weighted by molar-refractivity contribution is 5.86. The van der Waals surface area contributed by atoms with Crippen molar-refractivity contribution in [2.45, 2.75) is 135 Å². The van der Waals surface area contributed by atoms with Gasteiger partial charge < -0.3 is 89.3 Å². The van der Waals surface area contributed by atoms with E-state index in [0.717, 1.165) is 12.8 Å². The zero-order valence-electron chi connectivity index (χ0n) is 25.7. The number of rotatable bonds is 10. The zero-order chi connectivity index (χ0) is 33.7. The van der Waals surface area contributed by atoms with E-state index in [1.54, 1.807) is 0 Å². The third kappa shape index (κ3) is 6.95. The van der Waals surface area contributed by atoms with E-state index in [1.165, 1.54) is 0 Å². The second-order valence-electron chi connectivity index (χ2n) is 14.0. The Morgan fingerprint density at radius 2 is 1.54 bits per heavy atom. The largest absolute Gasteiger partial charge is 0.394 e. The smallest absolute Gasteiger partial charge is 0.252 e. The van der Waals surface area contributed by atoms with Gasteiger partial charge in [-0.05, 0) is 31.7 Å². The fourth-order valence-corrected chi connectivity index (χ4v) is 7.74. The van der Waals surface area contributed by atoms with Crippen molar-refractivity contribution in [1.29, 1.82) is 0 Å². The molecular formula is C28H53N7O11. The lowest BCUT2D eigenvalue weighted by Gasteiger charge is -2.53. The molecule has 266 valence electrons. The van der Waals surface area contributed by atoms with E-state index in [-0.39, 0.29) is 43.8 Å². The summed E-state index contributed by atoms with van der Waals surface area (Å²) >= 11 is 0. The van der Waals surface area contributed by atoms with Crippen LogP contribution in [0.2, 0.25) is 0 Å². The lowest BCUT2D eigenvalue weighted by atomic mass is 9.70. The van der Waals surface area contributed by atoms with Gasteiger partial charge in [0.15, 0.2) is 6.29 Å². The van der Waals surface area contributed by atoms with Crippen LogP contribution in [0.4, 0.5) is 0 Å². The van der Waals surface area contributed by atoms with Crippen LogP contribution in [0, 0.1) is 11.8 Å². The Kier molecular flexibility index (Phi) is 11.3. The molecule has 1 amide bonds. The summed E-state index contributed by atoms with van der Waals surface area (Å²) in [5.41, 5.74) is 28.5. The predicted octanol–water partition coefficient (Wildman–Crippen LogP) is -7.67. The summed E-state index contributed by atoms with van der Waals surface area (Å²) in [7, 11) is 0. The number of nitrogens with one attached hydrogen (secondary N) is 2. The van der Waals surface area contributed by atoms with Gasteiger partial charge in [-0.15, -0.1) is 0 Å². The van der Waals surface area contributed by atoms with E-state index in [1.807, 2.05) is 0 Å². The normalized spacial score (nSPS) is 52.8. The maximum atomic E-state index is 13.2. The van der Waals surface area contributed by atoms with Crippen LogP contribution in [0.1, 0.15) is 32.1 Å². The summed E-state index contributed by atoms with van der Waals surface area (Å²) in [6.45, 7) is -0.329. The second-order valence-corrected chi connectivity index (χ2v) is 14.0. The average molecular weight is 664 g/mol. The lowest BCUT2D eigenvalue weighted by Crippen LogP contribution is -2.73. The van der Waals surface area contributed by atoms with Gasteiger partial charge in [-0.25, -0.2) is 0 Å². The van der Waals surface area contributed by atoms with Crippen molar-refractivity contribution in [3.05, 3.63) is 0 Å². The van der Waals surface area contributed by atoms with Crippen molar-refractivity contribution >= 4 is 5.91 Å². The summed E-state index contributed by atoms with van der Waals surface area (Å²) in [5, 5.41) is 81.7. The highest BCUT2D eigenvalue weighted by Crippen LogP contribution is 2.39. The molecule has 2 saturated heterocycles. The number of aliphatic hydroxyl groups is 7. The van der Waals surface area contributed by atoms with Crippen LogP contribution in [0.5, 0.6) is 0 Å². The van der Waals surface area contributed by atoms with Crippen LogP contribution in [-0.4, -0.2) is 164 Å². The van der Waals surface area contributed by atoms with E-state index in [4.69, 9.17) is 42.9 Å². The minimum absolute atomic E-state index is 0.0167. The SMILES string of the molecule is NCC1OC(C2C(N)CC(NC(=O)C3(O)CC(N)C3)C(OC3OC(CO)C(O)C(N)C3O)C2O)C(NCC2CC(N)C2)C(O)C1O. The van der Waals surface area contributed by atoms with Crippen LogP contribution in [-0.2, 0) is 19.0 Å². The Morgan fingerprint density at radius 1 is 0.870 bits per heavy atom. The van der Waals surface area contributed by atoms with Gasteiger partial charge in [-0.1, -0.05) is 0 Å². The molecule has 5 rings (SSSR count). The molecule has 3 saturated carbocycles. The zero-order valence-corrected chi connectivity index (χ0v) is 25.7. The topological polar surface area (TPSA) is 341 Å². The average Bonchev–Trinajstić information content (AvgIpc) is 2.98. The Labute approximate surface area is 266 Å². The lowest BCUT2D eigenvalue weighted by molar-refractivity contribution is -0.308. The molecule has 18 nitrogen and oxygen atoms in total. The number of ether oxygens (including phenoxy) is 3. The van der Waals surface area contributed by atoms with Gasteiger partial charge in [0.25, 0.3) is 5.91 Å². The molecule has 0 spiro atoms. The Balaban J connectivity index is 1.42. The molecule has 0 aromatic rings.